The van der Waals surface area contributed by atoms with Crippen LogP contribution in [0.25, 0.3) is 11.2 Å². The van der Waals surface area contributed by atoms with Crippen LogP contribution >= 0.6 is 0 Å². The second-order valence-corrected chi connectivity index (χ2v) is 5.87. The third-order valence-corrected chi connectivity index (χ3v) is 4.15. The summed E-state index contributed by atoms with van der Waals surface area (Å²) in [5.74, 6) is 0.323. The molecule has 1 aromatic carbocycles. The van der Waals surface area contributed by atoms with E-state index in [4.69, 9.17) is 4.74 Å². The molecule has 1 amide bonds. The SMILES string of the molecule is COc1ccccc1C(=O)Nc1ccc2nc(C3=CNCC=C3)cn2c1. The van der Waals surface area contributed by atoms with E-state index < -0.39 is 0 Å². The summed E-state index contributed by atoms with van der Waals surface area (Å²) in [6.07, 6.45) is 9.84. The minimum absolute atomic E-state index is 0.218. The molecule has 26 heavy (non-hydrogen) atoms. The number of hydrogen-bond donors (Lipinski definition) is 2. The lowest BCUT2D eigenvalue weighted by Crippen LogP contribution is -2.13. The number of hydrogen-bond acceptors (Lipinski definition) is 4. The number of pyridine rings is 1. The zero-order chi connectivity index (χ0) is 17.9. The summed E-state index contributed by atoms with van der Waals surface area (Å²) >= 11 is 0. The van der Waals surface area contributed by atoms with Crippen molar-refractivity contribution in [2.75, 3.05) is 19.0 Å². The molecule has 6 nitrogen and oxygen atoms in total. The van der Waals surface area contributed by atoms with Gasteiger partial charge in [0.2, 0.25) is 0 Å². The first kappa shape index (κ1) is 16.0. The van der Waals surface area contributed by atoms with Crippen molar-refractivity contribution in [2.45, 2.75) is 0 Å². The zero-order valence-corrected chi connectivity index (χ0v) is 14.3. The summed E-state index contributed by atoms with van der Waals surface area (Å²) in [6, 6.07) is 10.8. The molecule has 1 aliphatic heterocycles. The van der Waals surface area contributed by atoms with Gasteiger partial charge in [-0.15, -0.1) is 0 Å². The Kier molecular flexibility index (Phi) is 4.15. The molecule has 0 saturated carbocycles. The molecule has 6 heteroatoms. The van der Waals surface area contributed by atoms with Crippen LogP contribution < -0.4 is 15.4 Å². The van der Waals surface area contributed by atoms with Crippen LogP contribution in [0.1, 0.15) is 16.1 Å². The largest absolute Gasteiger partial charge is 0.496 e. The van der Waals surface area contributed by atoms with Gasteiger partial charge in [0, 0.05) is 30.7 Å². The van der Waals surface area contributed by atoms with Crippen molar-refractivity contribution in [3.63, 3.8) is 0 Å². The maximum Gasteiger partial charge on any atom is 0.259 e. The van der Waals surface area contributed by atoms with Gasteiger partial charge in [-0.1, -0.05) is 24.3 Å². The van der Waals surface area contributed by atoms with E-state index in [1.165, 1.54) is 0 Å². The van der Waals surface area contributed by atoms with Crippen LogP contribution in [0.3, 0.4) is 0 Å². The Balaban J connectivity index is 1.60. The van der Waals surface area contributed by atoms with Crippen molar-refractivity contribution in [3.8, 4) is 5.75 Å². The van der Waals surface area contributed by atoms with Crippen LogP contribution in [0.15, 0.2) is 67.1 Å². The fourth-order valence-electron chi connectivity index (χ4n) is 2.87. The molecule has 4 rings (SSSR count). The Morgan fingerprint density at radius 3 is 2.92 bits per heavy atom. The smallest absolute Gasteiger partial charge is 0.259 e. The Bertz CT molecular complexity index is 1030. The van der Waals surface area contributed by atoms with Crippen molar-refractivity contribution in [2.24, 2.45) is 0 Å². The molecule has 0 bridgehead atoms. The van der Waals surface area contributed by atoms with Gasteiger partial charge < -0.3 is 19.8 Å². The van der Waals surface area contributed by atoms with Crippen LogP contribution in [-0.2, 0) is 0 Å². The number of allylic oxidation sites excluding steroid dienone is 2. The Morgan fingerprint density at radius 1 is 1.23 bits per heavy atom. The first-order valence-corrected chi connectivity index (χ1v) is 8.28. The predicted molar refractivity (Wildman–Crippen MR) is 101 cm³/mol. The van der Waals surface area contributed by atoms with Crippen molar-refractivity contribution < 1.29 is 9.53 Å². The standard InChI is InChI=1S/C20H18N4O2/c1-26-18-7-3-2-6-16(18)20(25)22-15-8-9-19-23-17(13-24(19)12-15)14-5-4-10-21-11-14/h2-9,11-13,21H,10H2,1H3,(H,22,25). The minimum Gasteiger partial charge on any atom is -0.496 e. The third-order valence-electron chi connectivity index (χ3n) is 4.15. The van der Waals surface area contributed by atoms with E-state index >= 15 is 0 Å². The van der Waals surface area contributed by atoms with Crippen LogP contribution in [0.5, 0.6) is 5.75 Å². The first-order chi connectivity index (χ1) is 12.7. The Hall–Kier alpha value is -3.54. The van der Waals surface area contributed by atoms with Gasteiger partial charge in [-0.3, -0.25) is 4.79 Å². The van der Waals surface area contributed by atoms with E-state index in [0.717, 1.165) is 23.5 Å². The lowest BCUT2D eigenvalue weighted by atomic mass is 10.2. The van der Waals surface area contributed by atoms with Crippen molar-refractivity contribution in [1.82, 2.24) is 14.7 Å². The summed E-state index contributed by atoms with van der Waals surface area (Å²) in [6.45, 7) is 0.829. The first-order valence-electron chi connectivity index (χ1n) is 8.28. The average molecular weight is 346 g/mol. The van der Waals surface area contributed by atoms with E-state index in [-0.39, 0.29) is 5.91 Å². The molecule has 0 aliphatic carbocycles. The lowest BCUT2D eigenvalue weighted by Gasteiger charge is -2.09. The van der Waals surface area contributed by atoms with Gasteiger partial charge >= 0.3 is 0 Å². The van der Waals surface area contributed by atoms with Crippen molar-refractivity contribution in [3.05, 3.63) is 78.4 Å². The number of fused-ring (bicyclic) bond motifs is 1. The molecule has 2 N–H and O–H groups in total. The quantitative estimate of drug-likeness (QED) is 0.762. The van der Waals surface area contributed by atoms with Crippen LogP contribution in [0.2, 0.25) is 0 Å². The van der Waals surface area contributed by atoms with Crippen LogP contribution in [0.4, 0.5) is 5.69 Å². The van der Waals surface area contributed by atoms with Crippen molar-refractivity contribution >= 4 is 22.8 Å². The number of carbonyl (C=O) groups is 1. The Labute approximate surface area is 150 Å². The number of nitrogens with one attached hydrogen (secondary N) is 2. The molecule has 2 aromatic heterocycles. The van der Waals surface area contributed by atoms with Gasteiger partial charge in [0.25, 0.3) is 5.91 Å². The predicted octanol–water partition coefficient (Wildman–Crippen LogP) is 3.10. The highest BCUT2D eigenvalue weighted by atomic mass is 16.5. The minimum atomic E-state index is -0.218. The number of imidazole rings is 1. The average Bonchev–Trinajstić information content (AvgIpc) is 3.12. The molecule has 0 fully saturated rings. The number of aromatic nitrogens is 2. The van der Waals surface area contributed by atoms with Gasteiger partial charge in [-0.25, -0.2) is 4.98 Å². The molecule has 0 unspecified atom stereocenters. The maximum absolute atomic E-state index is 12.5. The van der Waals surface area contributed by atoms with E-state index in [2.05, 4.69) is 21.7 Å². The summed E-state index contributed by atoms with van der Waals surface area (Å²) in [5.41, 5.74) is 3.89. The van der Waals surface area contributed by atoms with Gasteiger partial charge in [0.15, 0.2) is 0 Å². The summed E-state index contributed by atoms with van der Waals surface area (Å²) in [7, 11) is 1.55. The highest BCUT2D eigenvalue weighted by molar-refractivity contribution is 6.06. The van der Waals surface area contributed by atoms with E-state index in [1.807, 2.05) is 53.3 Å². The summed E-state index contributed by atoms with van der Waals surface area (Å²) in [5, 5.41) is 6.08. The number of rotatable bonds is 4. The summed E-state index contributed by atoms with van der Waals surface area (Å²) < 4.78 is 7.15. The normalized spacial score (nSPS) is 13.2. The number of ether oxygens (including phenoxy) is 1. The van der Waals surface area contributed by atoms with Crippen LogP contribution in [-0.4, -0.2) is 28.9 Å². The van der Waals surface area contributed by atoms with Gasteiger partial charge in [-0.2, -0.15) is 0 Å². The molecule has 3 aromatic rings. The van der Waals surface area contributed by atoms with E-state index in [1.54, 1.807) is 19.2 Å². The number of carbonyl (C=O) groups excluding carboxylic acids is 1. The number of methoxy groups -OCH3 is 1. The molecule has 3 heterocycles. The third kappa shape index (κ3) is 3.04. The molecular formula is C20H18N4O2. The monoisotopic (exact) mass is 346 g/mol. The molecule has 130 valence electrons. The number of anilines is 1. The lowest BCUT2D eigenvalue weighted by molar-refractivity contribution is 0.102. The molecule has 0 saturated heterocycles. The van der Waals surface area contributed by atoms with Gasteiger partial charge in [-0.05, 0) is 24.3 Å². The number of nitrogens with zero attached hydrogens (tertiary/aromatic N) is 2. The second kappa shape index (κ2) is 6.76. The topological polar surface area (TPSA) is 67.7 Å². The maximum atomic E-state index is 12.5. The highest BCUT2D eigenvalue weighted by Gasteiger charge is 2.12. The van der Waals surface area contributed by atoms with Crippen molar-refractivity contribution in [1.29, 1.82) is 0 Å². The van der Waals surface area contributed by atoms with Gasteiger partial charge in [0.05, 0.1) is 24.1 Å². The zero-order valence-electron chi connectivity index (χ0n) is 14.3. The second-order valence-electron chi connectivity index (χ2n) is 5.87. The van der Waals surface area contributed by atoms with E-state index in [0.29, 0.717) is 17.0 Å². The molecule has 0 atom stereocenters. The fourth-order valence-corrected chi connectivity index (χ4v) is 2.87. The highest BCUT2D eigenvalue weighted by Crippen LogP contribution is 2.21. The number of dihydropyridines is 1. The molecule has 0 radical (unpaired) electrons. The summed E-state index contributed by atoms with van der Waals surface area (Å²) in [4.78, 5) is 17.2. The molecular weight excluding hydrogens is 328 g/mol. The molecule has 0 spiro atoms. The number of amides is 1. The van der Waals surface area contributed by atoms with E-state index in [9.17, 15) is 4.79 Å². The fraction of sp³-hybridized carbons (Fsp3) is 0.100. The molecule has 1 aliphatic rings. The number of benzene rings is 1. The van der Waals surface area contributed by atoms with Crippen LogP contribution in [0, 0.1) is 0 Å². The number of para-hydroxylation sites is 1. The Morgan fingerprint density at radius 2 is 2.12 bits per heavy atom. The van der Waals surface area contributed by atoms with Gasteiger partial charge in [0.1, 0.15) is 11.4 Å².